The minimum absolute atomic E-state index is 0.0653. The number of rotatable bonds is 6. The fourth-order valence-corrected chi connectivity index (χ4v) is 3.15. The summed E-state index contributed by atoms with van der Waals surface area (Å²) in [5.74, 6) is 0.0520. The minimum Gasteiger partial charge on any atom is -0.488 e. The van der Waals surface area contributed by atoms with Crippen LogP contribution in [0, 0.1) is 0 Å². The first kappa shape index (κ1) is 19.7. The van der Waals surface area contributed by atoms with Crippen LogP contribution in [-0.2, 0) is 19.5 Å². The SMILES string of the molecule is O=C(NCc1ccc(OC(F)(F)F)cc1)c1cc2n(n1)C[C@@H](Oc1ccncc1)C2. The Morgan fingerprint density at radius 2 is 1.87 bits per heavy atom. The van der Waals surface area contributed by atoms with Crippen LogP contribution in [-0.4, -0.2) is 33.1 Å². The highest BCUT2D eigenvalue weighted by Crippen LogP contribution is 2.23. The predicted octanol–water partition coefficient (Wildman–Crippen LogP) is 3.11. The Kier molecular flexibility index (Phi) is 5.30. The largest absolute Gasteiger partial charge is 0.573 e. The normalized spacial score (nSPS) is 15.5. The molecule has 1 atom stereocenters. The Bertz CT molecular complexity index is 997. The third-order valence-electron chi connectivity index (χ3n) is 4.47. The van der Waals surface area contributed by atoms with Crippen LogP contribution >= 0.6 is 0 Å². The number of fused-ring (bicyclic) bond motifs is 1. The fraction of sp³-hybridized carbons (Fsp3) is 0.250. The molecule has 1 N–H and O–H groups in total. The van der Waals surface area contributed by atoms with E-state index in [-0.39, 0.29) is 30.0 Å². The summed E-state index contributed by atoms with van der Waals surface area (Å²) in [5, 5.41) is 7.02. The second kappa shape index (κ2) is 8.05. The molecule has 2 aromatic heterocycles. The van der Waals surface area contributed by atoms with Crippen molar-refractivity contribution in [3.05, 3.63) is 71.8 Å². The van der Waals surface area contributed by atoms with E-state index >= 15 is 0 Å². The van der Waals surface area contributed by atoms with Gasteiger partial charge in [0.15, 0.2) is 0 Å². The zero-order chi connectivity index (χ0) is 21.1. The Morgan fingerprint density at radius 3 is 2.53 bits per heavy atom. The lowest BCUT2D eigenvalue weighted by Crippen LogP contribution is -2.24. The van der Waals surface area contributed by atoms with Crippen LogP contribution < -0.4 is 14.8 Å². The van der Waals surface area contributed by atoms with E-state index in [0.29, 0.717) is 18.5 Å². The number of halogens is 3. The quantitative estimate of drug-likeness (QED) is 0.666. The molecule has 3 heterocycles. The zero-order valence-corrected chi connectivity index (χ0v) is 15.6. The summed E-state index contributed by atoms with van der Waals surface area (Å²) in [6.45, 7) is 0.687. The molecule has 30 heavy (non-hydrogen) atoms. The number of aromatic nitrogens is 3. The van der Waals surface area contributed by atoms with Crippen LogP contribution in [0.3, 0.4) is 0 Å². The van der Waals surface area contributed by atoms with E-state index in [4.69, 9.17) is 4.74 Å². The number of hydrogen-bond donors (Lipinski definition) is 1. The summed E-state index contributed by atoms with van der Waals surface area (Å²) in [4.78, 5) is 16.3. The number of carbonyl (C=O) groups excluding carboxylic acids is 1. The summed E-state index contributed by atoms with van der Waals surface area (Å²) in [5.41, 5.74) is 1.81. The topological polar surface area (TPSA) is 78.3 Å². The van der Waals surface area contributed by atoms with E-state index in [9.17, 15) is 18.0 Å². The van der Waals surface area contributed by atoms with Crippen LogP contribution in [0.2, 0.25) is 0 Å². The smallest absolute Gasteiger partial charge is 0.488 e. The first-order valence-corrected chi connectivity index (χ1v) is 9.12. The monoisotopic (exact) mass is 418 g/mol. The molecule has 3 aromatic rings. The van der Waals surface area contributed by atoms with E-state index in [1.165, 1.54) is 24.3 Å². The van der Waals surface area contributed by atoms with Crippen LogP contribution in [0.15, 0.2) is 54.9 Å². The average Bonchev–Trinajstić information content (AvgIpc) is 3.25. The summed E-state index contributed by atoms with van der Waals surface area (Å²) in [6, 6.07) is 10.6. The van der Waals surface area contributed by atoms with E-state index in [1.54, 1.807) is 35.3 Å². The molecule has 0 radical (unpaired) electrons. The first-order valence-electron chi connectivity index (χ1n) is 9.12. The van der Waals surface area contributed by atoms with Crippen molar-refractivity contribution in [2.75, 3.05) is 0 Å². The number of hydrogen-bond acceptors (Lipinski definition) is 5. The minimum atomic E-state index is -4.74. The summed E-state index contributed by atoms with van der Waals surface area (Å²) in [6.07, 6.45) is -0.864. The van der Waals surface area contributed by atoms with Gasteiger partial charge in [0.25, 0.3) is 5.91 Å². The molecular formula is C20H17F3N4O3. The van der Waals surface area contributed by atoms with Gasteiger partial charge in [-0.2, -0.15) is 5.10 Å². The van der Waals surface area contributed by atoms with Crippen molar-refractivity contribution in [2.24, 2.45) is 0 Å². The Balaban J connectivity index is 1.29. The molecule has 0 saturated carbocycles. The van der Waals surface area contributed by atoms with Gasteiger partial charge >= 0.3 is 6.36 Å². The van der Waals surface area contributed by atoms with Gasteiger partial charge in [0.2, 0.25) is 0 Å². The molecule has 156 valence electrons. The summed E-state index contributed by atoms with van der Waals surface area (Å²) in [7, 11) is 0. The standard InChI is InChI=1S/C20H17F3N4O3/c21-20(22,23)30-16-3-1-13(2-4-16)11-25-19(28)18-10-14-9-17(12-27(14)26-18)29-15-5-7-24-8-6-15/h1-8,10,17H,9,11-12H2,(H,25,28)/t17-/m0/s1. The second-order valence-corrected chi connectivity index (χ2v) is 6.70. The molecule has 0 unspecified atom stereocenters. The lowest BCUT2D eigenvalue weighted by molar-refractivity contribution is -0.274. The molecule has 1 amide bonds. The number of amides is 1. The molecule has 0 fully saturated rings. The van der Waals surface area contributed by atoms with E-state index in [0.717, 1.165) is 11.4 Å². The lowest BCUT2D eigenvalue weighted by atomic mass is 10.2. The van der Waals surface area contributed by atoms with Crippen molar-refractivity contribution in [3.63, 3.8) is 0 Å². The molecule has 7 nitrogen and oxygen atoms in total. The molecule has 1 aliphatic heterocycles. The molecule has 0 saturated heterocycles. The maximum absolute atomic E-state index is 12.4. The van der Waals surface area contributed by atoms with Gasteiger partial charge in [-0.05, 0) is 35.9 Å². The van der Waals surface area contributed by atoms with E-state index < -0.39 is 6.36 Å². The molecule has 0 spiro atoms. The first-order chi connectivity index (χ1) is 14.4. The highest BCUT2D eigenvalue weighted by molar-refractivity contribution is 5.92. The molecular weight excluding hydrogens is 401 g/mol. The van der Waals surface area contributed by atoms with Gasteiger partial charge in [-0.1, -0.05) is 12.1 Å². The van der Waals surface area contributed by atoms with Crippen LogP contribution in [0.25, 0.3) is 0 Å². The molecule has 1 aliphatic rings. The van der Waals surface area contributed by atoms with Crippen LogP contribution in [0.5, 0.6) is 11.5 Å². The number of nitrogens with zero attached hydrogens (tertiary/aromatic N) is 3. The lowest BCUT2D eigenvalue weighted by Gasteiger charge is -2.12. The van der Waals surface area contributed by atoms with Gasteiger partial charge in [0.05, 0.1) is 6.54 Å². The van der Waals surface area contributed by atoms with Crippen molar-refractivity contribution < 1.29 is 27.4 Å². The highest BCUT2D eigenvalue weighted by atomic mass is 19.4. The molecule has 4 rings (SSSR count). The van der Waals surface area contributed by atoms with Gasteiger partial charge in [-0.15, -0.1) is 13.2 Å². The van der Waals surface area contributed by atoms with Crippen LogP contribution in [0.4, 0.5) is 13.2 Å². The number of carbonyl (C=O) groups is 1. The molecule has 0 aliphatic carbocycles. The Labute approximate surface area is 169 Å². The maximum atomic E-state index is 12.4. The second-order valence-electron chi connectivity index (χ2n) is 6.70. The fourth-order valence-electron chi connectivity index (χ4n) is 3.15. The van der Waals surface area contributed by atoms with Crippen molar-refractivity contribution >= 4 is 5.91 Å². The van der Waals surface area contributed by atoms with Gasteiger partial charge in [0.1, 0.15) is 23.3 Å². The van der Waals surface area contributed by atoms with Gasteiger partial charge in [-0.25, -0.2) is 0 Å². The zero-order valence-electron chi connectivity index (χ0n) is 15.6. The summed E-state index contributed by atoms with van der Waals surface area (Å²) < 4.78 is 48.0. The number of nitrogens with one attached hydrogen (secondary N) is 1. The number of ether oxygens (including phenoxy) is 2. The third-order valence-corrected chi connectivity index (χ3v) is 4.47. The van der Waals surface area contributed by atoms with Crippen molar-refractivity contribution in [1.82, 2.24) is 20.1 Å². The predicted molar refractivity (Wildman–Crippen MR) is 98.9 cm³/mol. The average molecular weight is 418 g/mol. The van der Waals surface area contributed by atoms with Crippen molar-refractivity contribution in [1.29, 1.82) is 0 Å². The third kappa shape index (κ3) is 4.88. The molecule has 10 heteroatoms. The van der Waals surface area contributed by atoms with Crippen molar-refractivity contribution in [2.45, 2.75) is 32.0 Å². The number of benzene rings is 1. The van der Waals surface area contributed by atoms with Gasteiger partial charge in [0, 0.05) is 31.1 Å². The summed E-state index contributed by atoms with van der Waals surface area (Å²) >= 11 is 0. The molecule has 0 bridgehead atoms. The van der Waals surface area contributed by atoms with E-state index in [1.807, 2.05) is 0 Å². The Morgan fingerprint density at radius 1 is 1.13 bits per heavy atom. The number of alkyl halides is 3. The maximum Gasteiger partial charge on any atom is 0.573 e. The molecule has 1 aromatic carbocycles. The highest BCUT2D eigenvalue weighted by Gasteiger charge is 2.31. The van der Waals surface area contributed by atoms with Gasteiger partial charge in [-0.3, -0.25) is 14.5 Å². The van der Waals surface area contributed by atoms with Crippen LogP contribution in [0.1, 0.15) is 21.7 Å². The Hall–Kier alpha value is -3.56. The van der Waals surface area contributed by atoms with Crippen molar-refractivity contribution in [3.8, 4) is 11.5 Å². The number of pyridine rings is 1. The van der Waals surface area contributed by atoms with Gasteiger partial charge < -0.3 is 14.8 Å². The van der Waals surface area contributed by atoms with E-state index in [2.05, 4.69) is 20.1 Å².